The summed E-state index contributed by atoms with van der Waals surface area (Å²) in [5.74, 6) is 0.680. The molecule has 22 rings (SSSR count). The van der Waals surface area contributed by atoms with E-state index in [4.69, 9.17) is 19.9 Å². The van der Waals surface area contributed by atoms with Crippen LogP contribution in [0.1, 0.15) is 0 Å². The Bertz CT molecular complexity index is 7280. The first-order valence-electron chi connectivity index (χ1n) is 35.4. The minimum atomic E-state index is 0.680. The van der Waals surface area contributed by atoms with Gasteiger partial charge in [0, 0.05) is 98.7 Å². The van der Waals surface area contributed by atoms with Crippen molar-refractivity contribution in [2.75, 3.05) is 0 Å². The maximum Gasteiger partial charge on any atom is 0.161 e. The summed E-state index contributed by atoms with van der Waals surface area (Å²) in [6.45, 7) is 0. The van der Waals surface area contributed by atoms with Gasteiger partial charge in [0.15, 0.2) is 5.82 Å². The molecule has 0 N–H and O–H groups in total. The van der Waals surface area contributed by atoms with E-state index in [2.05, 4.69) is 364 Å². The first-order chi connectivity index (χ1) is 51.6. The van der Waals surface area contributed by atoms with Gasteiger partial charge >= 0.3 is 0 Å². The fourth-order valence-corrected chi connectivity index (χ4v) is 16.9. The molecule has 0 aliphatic rings. The van der Waals surface area contributed by atoms with E-state index in [1.807, 2.05) is 6.20 Å². The van der Waals surface area contributed by atoms with Crippen LogP contribution in [0, 0.1) is 0 Å². The highest BCUT2D eigenvalue weighted by atomic mass is 15.0. The molecule has 22 aromatic rings. The molecule has 482 valence electrons. The molecular formula is C96H58N8. The SMILES string of the molecule is c1ccc(-c2cc(-n3c4ccccc4c4cc5c(cc43)c3ccc(-c4ccc6c7cc8c(cc7n(-c7ccc(-c9cnc%10c%11ccccc%11c%11ccccc%11c%10n9)cc7)c6c4)c4ccccc4n8-c4ccccc4)cc3n5-c3ccccc3)ccc2-c2nc(-c3ccccc3)c3ccccc3n2)cc1. The van der Waals surface area contributed by atoms with Crippen LogP contribution in [0.2, 0.25) is 0 Å². The van der Waals surface area contributed by atoms with Gasteiger partial charge in [0.2, 0.25) is 0 Å². The first kappa shape index (κ1) is 57.8. The number of para-hydroxylation sites is 5. The van der Waals surface area contributed by atoms with Gasteiger partial charge < -0.3 is 18.3 Å². The molecule has 0 amide bonds. The molecule has 0 spiro atoms. The minimum absolute atomic E-state index is 0.680. The lowest BCUT2D eigenvalue weighted by molar-refractivity contribution is 1.17. The number of benzene rings is 16. The molecule has 6 aromatic heterocycles. The summed E-state index contributed by atoms with van der Waals surface area (Å²) in [6.07, 6.45) is 1.94. The third-order valence-corrected chi connectivity index (χ3v) is 21.6. The third-order valence-electron chi connectivity index (χ3n) is 21.6. The average molecular weight is 1320 g/mol. The predicted molar refractivity (Wildman–Crippen MR) is 432 cm³/mol. The maximum atomic E-state index is 5.41. The van der Waals surface area contributed by atoms with Crippen LogP contribution in [0.4, 0.5) is 0 Å². The Kier molecular flexibility index (Phi) is 12.6. The summed E-state index contributed by atoms with van der Waals surface area (Å²) in [7, 11) is 0. The van der Waals surface area contributed by atoms with Gasteiger partial charge in [-0.05, 0) is 142 Å². The highest BCUT2D eigenvalue weighted by Crippen LogP contribution is 2.46. The maximum absolute atomic E-state index is 5.41. The Morgan fingerprint density at radius 1 is 0.202 bits per heavy atom. The second kappa shape index (κ2) is 22.7. The number of nitrogens with zero attached hydrogens (tertiary/aromatic N) is 8. The summed E-state index contributed by atoms with van der Waals surface area (Å²) < 4.78 is 9.81. The van der Waals surface area contributed by atoms with Crippen molar-refractivity contribution in [2.45, 2.75) is 0 Å². The van der Waals surface area contributed by atoms with Crippen molar-refractivity contribution < 1.29 is 0 Å². The molecule has 0 radical (unpaired) electrons. The van der Waals surface area contributed by atoms with Gasteiger partial charge in [-0.2, -0.15) is 0 Å². The minimum Gasteiger partial charge on any atom is -0.309 e. The van der Waals surface area contributed by atoms with Gasteiger partial charge in [-0.25, -0.2) is 15.0 Å². The Hall–Kier alpha value is -14.1. The fraction of sp³-hybridized carbons (Fsp3) is 0. The van der Waals surface area contributed by atoms with E-state index in [0.29, 0.717) is 5.82 Å². The molecule has 0 fully saturated rings. The number of fused-ring (bicyclic) bond motifs is 19. The van der Waals surface area contributed by atoms with Crippen molar-refractivity contribution in [3.05, 3.63) is 352 Å². The van der Waals surface area contributed by atoms with Gasteiger partial charge in [0.25, 0.3) is 0 Å². The van der Waals surface area contributed by atoms with Crippen LogP contribution < -0.4 is 0 Å². The van der Waals surface area contributed by atoms with E-state index in [0.717, 1.165) is 144 Å². The van der Waals surface area contributed by atoms with Crippen molar-refractivity contribution in [1.82, 2.24) is 38.2 Å². The normalized spacial score (nSPS) is 12.0. The quantitative estimate of drug-likeness (QED) is 0.135. The lowest BCUT2D eigenvalue weighted by atomic mass is 9.97. The lowest BCUT2D eigenvalue weighted by Gasteiger charge is -2.16. The molecule has 0 unspecified atom stereocenters. The zero-order chi connectivity index (χ0) is 68.1. The Morgan fingerprint density at radius 2 is 0.596 bits per heavy atom. The monoisotopic (exact) mass is 1320 g/mol. The summed E-state index contributed by atoms with van der Waals surface area (Å²) in [5, 5.41) is 15.0. The number of hydrogen-bond donors (Lipinski definition) is 0. The molecule has 0 aliphatic carbocycles. The average Bonchev–Trinajstić information content (AvgIpc) is 1.54. The van der Waals surface area contributed by atoms with Crippen molar-refractivity contribution in [3.63, 3.8) is 0 Å². The van der Waals surface area contributed by atoms with E-state index >= 15 is 0 Å². The van der Waals surface area contributed by atoms with E-state index in [1.165, 1.54) is 59.4 Å². The zero-order valence-corrected chi connectivity index (χ0v) is 56.1. The van der Waals surface area contributed by atoms with Gasteiger partial charge in [0.05, 0.1) is 78.3 Å². The molecule has 8 heteroatoms. The van der Waals surface area contributed by atoms with Crippen LogP contribution in [0.3, 0.4) is 0 Å². The van der Waals surface area contributed by atoms with Crippen LogP contribution in [-0.4, -0.2) is 38.2 Å². The Balaban J connectivity index is 0.726. The van der Waals surface area contributed by atoms with Gasteiger partial charge in [0.1, 0.15) is 0 Å². The number of aromatic nitrogens is 8. The van der Waals surface area contributed by atoms with E-state index in [-0.39, 0.29) is 0 Å². The van der Waals surface area contributed by atoms with E-state index < -0.39 is 0 Å². The van der Waals surface area contributed by atoms with Gasteiger partial charge in [-0.15, -0.1) is 0 Å². The predicted octanol–water partition coefficient (Wildman–Crippen LogP) is 24.6. The molecule has 8 nitrogen and oxygen atoms in total. The summed E-state index contributed by atoms with van der Waals surface area (Å²) in [5.41, 5.74) is 25.2. The highest BCUT2D eigenvalue weighted by Gasteiger charge is 2.25. The lowest BCUT2D eigenvalue weighted by Crippen LogP contribution is -1.99. The van der Waals surface area contributed by atoms with E-state index in [9.17, 15) is 0 Å². The largest absolute Gasteiger partial charge is 0.309 e. The first-order valence-corrected chi connectivity index (χ1v) is 35.4. The second-order valence-corrected chi connectivity index (χ2v) is 27.2. The van der Waals surface area contributed by atoms with Crippen molar-refractivity contribution in [3.8, 4) is 78.9 Å². The summed E-state index contributed by atoms with van der Waals surface area (Å²) >= 11 is 0. The highest BCUT2D eigenvalue weighted by molar-refractivity contribution is 6.24. The molecular weight excluding hydrogens is 1270 g/mol. The van der Waals surface area contributed by atoms with Crippen molar-refractivity contribution >= 4 is 131 Å². The molecule has 0 bridgehead atoms. The fourth-order valence-electron chi connectivity index (χ4n) is 16.9. The van der Waals surface area contributed by atoms with Gasteiger partial charge in [-0.1, -0.05) is 237 Å². The van der Waals surface area contributed by atoms with Crippen LogP contribution in [0.5, 0.6) is 0 Å². The van der Waals surface area contributed by atoms with Crippen LogP contribution in [-0.2, 0) is 0 Å². The van der Waals surface area contributed by atoms with E-state index in [1.54, 1.807) is 0 Å². The molecule has 0 aliphatic heterocycles. The van der Waals surface area contributed by atoms with Crippen LogP contribution in [0.25, 0.3) is 210 Å². The number of hydrogen-bond acceptors (Lipinski definition) is 4. The zero-order valence-electron chi connectivity index (χ0n) is 56.1. The van der Waals surface area contributed by atoms with Crippen LogP contribution >= 0.6 is 0 Å². The second-order valence-electron chi connectivity index (χ2n) is 27.2. The summed E-state index contributed by atoms with van der Waals surface area (Å²) in [6, 6.07) is 125. The molecule has 0 saturated carbocycles. The topological polar surface area (TPSA) is 71.3 Å². The third kappa shape index (κ3) is 8.79. The molecule has 16 aromatic carbocycles. The molecule has 0 atom stereocenters. The van der Waals surface area contributed by atoms with Crippen molar-refractivity contribution in [1.29, 1.82) is 0 Å². The van der Waals surface area contributed by atoms with Crippen LogP contribution in [0.15, 0.2) is 352 Å². The standard InChI is InChI=1S/C96H58N8/c1-5-23-59(24-6-1)78-53-67(47-50-76(78)96-99-83-38-20-17-37-77(83)93(100-96)61-25-7-2-8-26-61)104-86-40-22-19-34-71(86)80-55-90-82(57-92(80)104)72-48-43-62(51-87(72)102(90)65-29-11-4-12-30-65)63-44-49-73-81-56-89-79(70-33-18-21-39-85(70)101(89)64-27-9-3-10-28-64)54-91(81)103(88(73)52-63)66-45-41-60(42-46-66)84-58-97-94-74-35-15-13-31-68(74)69-32-14-16-36-75(69)95(94)98-84/h1-58H. The smallest absolute Gasteiger partial charge is 0.161 e. The molecule has 0 saturated heterocycles. The molecule has 104 heavy (non-hydrogen) atoms. The number of rotatable bonds is 9. The van der Waals surface area contributed by atoms with Crippen molar-refractivity contribution in [2.24, 2.45) is 0 Å². The van der Waals surface area contributed by atoms with Gasteiger partial charge in [-0.3, -0.25) is 4.98 Å². The Labute approximate surface area is 596 Å². The molecule has 6 heterocycles. The Morgan fingerprint density at radius 3 is 1.14 bits per heavy atom. The summed E-state index contributed by atoms with van der Waals surface area (Å²) in [4.78, 5) is 21.3.